The number of nitrogens with zero attached hydrogens (tertiary/aromatic N) is 1. The van der Waals surface area contributed by atoms with Crippen molar-refractivity contribution in [2.75, 3.05) is 24.5 Å². The Hall–Kier alpha value is -3.73. The molecule has 2 heterocycles. The molecule has 1 aromatic heterocycles. The van der Waals surface area contributed by atoms with Crippen molar-refractivity contribution < 1.29 is 13.9 Å². The van der Waals surface area contributed by atoms with Crippen LogP contribution >= 0.6 is 0 Å². The van der Waals surface area contributed by atoms with Gasteiger partial charge in [0.05, 0.1) is 0 Å². The van der Waals surface area contributed by atoms with E-state index < -0.39 is 0 Å². The van der Waals surface area contributed by atoms with Crippen molar-refractivity contribution in [1.29, 1.82) is 0 Å². The zero-order valence-electron chi connectivity index (χ0n) is 17.9. The van der Waals surface area contributed by atoms with Crippen LogP contribution < -0.4 is 15.0 Å². The molecular weight excluding hydrogens is 400 g/mol. The highest BCUT2D eigenvalue weighted by molar-refractivity contribution is 5.99. The highest BCUT2D eigenvalue weighted by atomic mass is 16.5. The van der Waals surface area contributed by atoms with Gasteiger partial charge in [-0.1, -0.05) is 54.6 Å². The smallest absolute Gasteiger partial charge is 0.287 e. The van der Waals surface area contributed by atoms with Gasteiger partial charge in [0, 0.05) is 36.3 Å². The lowest BCUT2D eigenvalue weighted by atomic mass is 10.1. The van der Waals surface area contributed by atoms with Crippen LogP contribution in [0.5, 0.6) is 5.75 Å². The molecule has 1 atom stereocenters. The van der Waals surface area contributed by atoms with Gasteiger partial charge in [0.25, 0.3) is 5.91 Å². The van der Waals surface area contributed by atoms with E-state index in [-0.39, 0.29) is 12.5 Å². The fourth-order valence-corrected chi connectivity index (χ4v) is 4.29. The molecule has 5 rings (SSSR count). The predicted molar refractivity (Wildman–Crippen MR) is 126 cm³/mol. The number of benzene rings is 3. The van der Waals surface area contributed by atoms with Crippen LogP contribution in [-0.2, 0) is 6.61 Å². The average Bonchev–Trinajstić information content (AvgIpc) is 3.47. The number of hydrogen-bond acceptors (Lipinski definition) is 4. The maximum absolute atomic E-state index is 13.1. The van der Waals surface area contributed by atoms with Gasteiger partial charge in [-0.05, 0) is 42.7 Å². The number of carbonyl (C=O) groups is 1. The number of fused-ring (bicyclic) bond motifs is 1. The van der Waals surface area contributed by atoms with Crippen molar-refractivity contribution in [1.82, 2.24) is 5.32 Å². The second-order valence-electron chi connectivity index (χ2n) is 8.15. The molecule has 0 aliphatic carbocycles. The lowest BCUT2D eigenvalue weighted by Crippen LogP contribution is -2.31. The van der Waals surface area contributed by atoms with Crippen LogP contribution in [0.2, 0.25) is 0 Å². The number of ether oxygens (including phenoxy) is 1. The molecule has 5 nitrogen and oxygen atoms in total. The minimum Gasteiger partial charge on any atom is -0.489 e. The monoisotopic (exact) mass is 426 g/mol. The van der Waals surface area contributed by atoms with E-state index in [1.54, 1.807) is 0 Å². The Kier molecular flexibility index (Phi) is 5.79. The van der Waals surface area contributed by atoms with Crippen molar-refractivity contribution >= 4 is 22.6 Å². The van der Waals surface area contributed by atoms with Crippen LogP contribution in [0, 0.1) is 5.92 Å². The molecule has 0 saturated carbocycles. The fourth-order valence-electron chi connectivity index (χ4n) is 4.29. The van der Waals surface area contributed by atoms with Crippen molar-refractivity contribution in [3.05, 3.63) is 96.3 Å². The molecule has 0 radical (unpaired) electrons. The van der Waals surface area contributed by atoms with Crippen LogP contribution in [0.1, 0.15) is 22.5 Å². The maximum atomic E-state index is 13.1. The van der Waals surface area contributed by atoms with Crippen LogP contribution in [0.15, 0.2) is 89.3 Å². The molecule has 1 saturated heterocycles. The van der Waals surface area contributed by atoms with Gasteiger partial charge < -0.3 is 19.4 Å². The van der Waals surface area contributed by atoms with Crippen LogP contribution in [0.4, 0.5) is 5.69 Å². The molecule has 1 aliphatic heterocycles. The predicted octanol–water partition coefficient (Wildman–Crippen LogP) is 5.27. The first-order valence-electron chi connectivity index (χ1n) is 11.0. The van der Waals surface area contributed by atoms with Crippen LogP contribution in [-0.4, -0.2) is 25.5 Å². The molecule has 32 heavy (non-hydrogen) atoms. The highest BCUT2D eigenvalue weighted by Gasteiger charge is 2.25. The van der Waals surface area contributed by atoms with E-state index in [1.165, 1.54) is 5.69 Å². The standard InChI is InChI=1S/C27H26N2O3/c30-27(28-17-20-15-16-29(18-20)21-9-3-1-4-10-21)26-24(19-31-22-11-5-2-6-12-22)23-13-7-8-14-25(23)32-26/h1-14,20H,15-19H2,(H,28,30). The van der Waals surface area contributed by atoms with Crippen molar-refractivity contribution in [2.24, 2.45) is 5.92 Å². The second-order valence-corrected chi connectivity index (χ2v) is 8.15. The van der Waals surface area contributed by atoms with Crippen molar-refractivity contribution in [3.8, 4) is 5.75 Å². The number of anilines is 1. The Labute approximate surface area is 187 Å². The molecule has 1 N–H and O–H groups in total. The summed E-state index contributed by atoms with van der Waals surface area (Å²) < 4.78 is 11.9. The summed E-state index contributed by atoms with van der Waals surface area (Å²) in [6.45, 7) is 2.84. The molecular formula is C27H26N2O3. The SMILES string of the molecule is O=C(NCC1CCN(c2ccccc2)C1)c1oc2ccccc2c1COc1ccccc1. The highest BCUT2D eigenvalue weighted by Crippen LogP contribution is 2.28. The third-order valence-corrected chi connectivity index (χ3v) is 5.99. The number of rotatable bonds is 7. The number of hydrogen-bond donors (Lipinski definition) is 1. The fraction of sp³-hybridized carbons (Fsp3) is 0.222. The van der Waals surface area contributed by atoms with Crippen molar-refractivity contribution in [2.45, 2.75) is 13.0 Å². The Morgan fingerprint density at radius 1 is 0.969 bits per heavy atom. The lowest BCUT2D eigenvalue weighted by molar-refractivity contribution is 0.0919. The molecule has 1 fully saturated rings. The molecule has 162 valence electrons. The van der Waals surface area contributed by atoms with Crippen molar-refractivity contribution in [3.63, 3.8) is 0 Å². The molecule has 5 heteroatoms. The number of furan rings is 1. The largest absolute Gasteiger partial charge is 0.489 e. The first kappa shape index (κ1) is 20.2. The third kappa shape index (κ3) is 4.33. The van der Waals surface area contributed by atoms with Gasteiger partial charge in [0.2, 0.25) is 0 Å². The molecule has 3 aromatic carbocycles. The van der Waals surface area contributed by atoms with Gasteiger partial charge in [-0.15, -0.1) is 0 Å². The van der Waals surface area contributed by atoms with Gasteiger partial charge in [0.1, 0.15) is 17.9 Å². The van der Waals surface area contributed by atoms with E-state index in [1.807, 2.05) is 60.7 Å². The summed E-state index contributed by atoms with van der Waals surface area (Å²) in [5, 5.41) is 4.00. The Morgan fingerprint density at radius 2 is 1.69 bits per heavy atom. The maximum Gasteiger partial charge on any atom is 0.287 e. The summed E-state index contributed by atoms with van der Waals surface area (Å²) in [4.78, 5) is 15.5. The average molecular weight is 427 g/mol. The zero-order valence-corrected chi connectivity index (χ0v) is 17.9. The molecule has 0 spiro atoms. The minimum atomic E-state index is -0.189. The number of para-hydroxylation sites is 3. The molecule has 1 aliphatic rings. The molecule has 0 bridgehead atoms. The minimum absolute atomic E-state index is 0.189. The second kappa shape index (κ2) is 9.18. The van der Waals surface area contributed by atoms with Gasteiger partial charge in [-0.25, -0.2) is 0 Å². The number of carbonyl (C=O) groups excluding carboxylic acids is 1. The first-order valence-corrected chi connectivity index (χ1v) is 11.0. The first-order chi connectivity index (χ1) is 15.8. The Morgan fingerprint density at radius 3 is 2.50 bits per heavy atom. The molecule has 1 amide bonds. The van der Waals surface area contributed by atoms with Crippen LogP contribution in [0.25, 0.3) is 11.0 Å². The molecule has 1 unspecified atom stereocenters. The summed E-state index contributed by atoms with van der Waals surface area (Å²) in [7, 11) is 0. The summed E-state index contributed by atoms with van der Waals surface area (Å²) in [6, 6.07) is 27.7. The van der Waals surface area contributed by atoms with E-state index in [9.17, 15) is 4.79 Å². The molecule has 4 aromatic rings. The van der Waals surface area contributed by atoms with E-state index in [0.717, 1.165) is 36.2 Å². The lowest BCUT2D eigenvalue weighted by Gasteiger charge is -2.18. The van der Waals surface area contributed by atoms with E-state index in [0.29, 0.717) is 23.8 Å². The van der Waals surface area contributed by atoms with Crippen LogP contribution in [0.3, 0.4) is 0 Å². The van der Waals surface area contributed by atoms with Gasteiger partial charge in [0.15, 0.2) is 5.76 Å². The van der Waals surface area contributed by atoms with Gasteiger partial charge in [-0.2, -0.15) is 0 Å². The zero-order chi connectivity index (χ0) is 21.8. The van der Waals surface area contributed by atoms with E-state index >= 15 is 0 Å². The van der Waals surface area contributed by atoms with Gasteiger partial charge >= 0.3 is 0 Å². The van der Waals surface area contributed by atoms with E-state index in [2.05, 4.69) is 34.5 Å². The Bertz CT molecular complexity index is 1190. The Balaban J connectivity index is 1.27. The van der Waals surface area contributed by atoms with E-state index in [4.69, 9.17) is 9.15 Å². The normalized spacial score (nSPS) is 15.8. The third-order valence-electron chi connectivity index (χ3n) is 5.99. The summed E-state index contributed by atoms with van der Waals surface area (Å²) in [5.41, 5.74) is 2.71. The quantitative estimate of drug-likeness (QED) is 0.438. The topological polar surface area (TPSA) is 54.7 Å². The number of amides is 1. The van der Waals surface area contributed by atoms with Gasteiger partial charge in [-0.3, -0.25) is 4.79 Å². The number of nitrogens with one attached hydrogen (secondary N) is 1. The summed E-state index contributed by atoms with van der Waals surface area (Å²) >= 11 is 0. The summed E-state index contributed by atoms with van der Waals surface area (Å²) in [5.74, 6) is 1.31. The summed E-state index contributed by atoms with van der Waals surface area (Å²) in [6.07, 6.45) is 1.05.